The van der Waals surface area contributed by atoms with Gasteiger partial charge in [0.25, 0.3) is 0 Å². The Morgan fingerprint density at radius 2 is 2.06 bits per heavy atom. The van der Waals surface area contributed by atoms with Crippen molar-refractivity contribution in [2.24, 2.45) is 23.5 Å². The lowest BCUT2D eigenvalue weighted by atomic mass is 9.74. The molecule has 3 atom stereocenters. The van der Waals surface area contributed by atoms with Crippen molar-refractivity contribution in [1.82, 2.24) is 4.90 Å². The summed E-state index contributed by atoms with van der Waals surface area (Å²) in [5.41, 5.74) is 6.26. The molecule has 1 aliphatic rings. The fourth-order valence-electron chi connectivity index (χ4n) is 2.88. The van der Waals surface area contributed by atoms with E-state index in [1.807, 2.05) is 0 Å². The summed E-state index contributed by atoms with van der Waals surface area (Å²) in [7, 11) is 3.93. The van der Waals surface area contributed by atoms with Crippen LogP contribution in [0.2, 0.25) is 0 Å². The highest BCUT2D eigenvalue weighted by Crippen LogP contribution is 2.33. The lowest BCUT2D eigenvalue weighted by Crippen LogP contribution is -2.43. The van der Waals surface area contributed by atoms with E-state index in [4.69, 9.17) is 10.5 Å². The first-order chi connectivity index (χ1) is 8.04. The van der Waals surface area contributed by atoms with Gasteiger partial charge in [-0.2, -0.15) is 0 Å². The standard InChI is InChI=1S/C14H30N2O/c1-11(2)12-5-6-14(15)13(9-12)10-16(3)7-8-17-4/h11-14H,5-10,15H2,1-4H3. The predicted octanol–water partition coefficient (Wildman–Crippen LogP) is 1.96. The Morgan fingerprint density at radius 1 is 1.35 bits per heavy atom. The Kier molecular flexibility index (Phi) is 6.45. The van der Waals surface area contributed by atoms with Crippen LogP contribution < -0.4 is 5.73 Å². The summed E-state index contributed by atoms with van der Waals surface area (Å²) in [5, 5.41) is 0. The molecule has 0 radical (unpaired) electrons. The molecule has 2 N–H and O–H groups in total. The van der Waals surface area contributed by atoms with Crippen LogP contribution in [0.4, 0.5) is 0 Å². The highest BCUT2D eigenvalue weighted by atomic mass is 16.5. The summed E-state index contributed by atoms with van der Waals surface area (Å²) < 4.78 is 5.11. The van der Waals surface area contributed by atoms with Crippen molar-refractivity contribution in [3.05, 3.63) is 0 Å². The zero-order valence-electron chi connectivity index (χ0n) is 12.0. The van der Waals surface area contributed by atoms with Crippen molar-refractivity contribution in [3.63, 3.8) is 0 Å². The number of methoxy groups -OCH3 is 1. The molecular weight excluding hydrogens is 212 g/mol. The van der Waals surface area contributed by atoms with E-state index in [-0.39, 0.29) is 0 Å². The SMILES string of the molecule is COCCN(C)CC1CC(C(C)C)CCC1N. The quantitative estimate of drug-likeness (QED) is 0.774. The van der Waals surface area contributed by atoms with Gasteiger partial charge in [-0.05, 0) is 44.1 Å². The average molecular weight is 242 g/mol. The number of nitrogens with zero attached hydrogens (tertiary/aromatic N) is 1. The maximum Gasteiger partial charge on any atom is 0.0589 e. The molecule has 1 rings (SSSR count). The number of hydrogen-bond acceptors (Lipinski definition) is 3. The second-order valence-electron chi connectivity index (χ2n) is 6.00. The van der Waals surface area contributed by atoms with Gasteiger partial charge < -0.3 is 15.4 Å². The molecule has 1 fully saturated rings. The molecule has 0 saturated heterocycles. The minimum atomic E-state index is 0.398. The minimum Gasteiger partial charge on any atom is -0.383 e. The summed E-state index contributed by atoms with van der Waals surface area (Å²) in [6.45, 7) is 7.62. The molecule has 1 saturated carbocycles. The molecule has 102 valence electrons. The number of ether oxygens (including phenoxy) is 1. The molecule has 3 nitrogen and oxygen atoms in total. The topological polar surface area (TPSA) is 38.5 Å². The zero-order chi connectivity index (χ0) is 12.8. The molecule has 0 heterocycles. The Bertz CT molecular complexity index is 208. The molecular formula is C14H30N2O. The first kappa shape index (κ1) is 14.9. The van der Waals surface area contributed by atoms with Crippen molar-refractivity contribution in [2.45, 2.75) is 39.2 Å². The third kappa shape index (κ3) is 4.94. The number of nitrogens with two attached hydrogens (primary N) is 1. The first-order valence-electron chi connectivity index (χ1n) is 6.97. The molecule has 0 amide bonds. The van der Waals surface area contributed by atoms with E-state index in [9.17, 15) is 0 Å². The molecule has 3 heteroatoms. The zero-order valence-corrected chi connectivity index (χ0v) is 12.0. The minimum absolute atomic E-state index is 0.398. The second kappa shape index (κ2) is 7.34. The van der Waals surface area contributed by atoms with E-state index in [1.165, 1.54) is 19.3 Å². The van der Waals surface area contributed by atoms with Gasteiger partial charge in [0.05, 0.1) is 6.61 Å². The smallest absolute Gasteiger partial charge is 0.0589 e. The molecule has 0 bridgehead atoms. The average Bonchev–Trinajstić information content (AvgIpc) is 2.29. The van der Waals surface area contributed by atoms with Gasteiger partial charge in [0.2, 0.25) is 0 Å². The monoisotopic (exact) mass is 242 g/mol. The van der Waals surface area contributed by atoms with Crippen LogP contribution in [0.25, 0.3) is 0 Å². The van der Waals surface area contributed by atoms with E-state index in [0.29, 0.717) is 12.0 Å². The molecule has 17 heavy (non-hydrogen) atoms. The first-order valence-corrected chi connectivity index (χ1v) is 6.97. The van der Waals surface area contributed by atoms with Crippen molar-refractivity contribution in [1.29, 1.82) is 0 Å². The summed E-state index contributed by atoms with van der Waals surface area (Å²) in [5.74, 6) is 2.34. The normalized spacial score (nSPS) is 30.2. The van der Waals surface area contributed by atoms with Crippen LogP contribution >= 0.6 is 0 Å². The van der Waals surface area contributed by atoms with Crippen molar-refractivity contribution in [3.8, 4) is 0 Å². The Morgan fingerprint density at radius 3 is 2.65 bits per heavy atom. The van der Waals surface area contributed by atoms with Crippen molar-refractivity contribution in [2.75, 3.05) is 33.9 Å². The van der Waals surface area contributed by atoms with Gasteiger partial charge in [0.1, 0.15) is 0 Å². The van der Waals surface area contributed by atoms with Crippen LogP contribution in [0.15, 0.2) is 0 Å². The van der Waals surface area contributed by atoms with Gasteiger partial charge >= 0.3 is 0 Å². The predicted molar refractivity (Wildman–Crippen MR) is 73.0 cm³/mol. The maximum atomic E-state index is 6.26. The Hall–Kier alpha value is -0.120. The number of hydrogen-bond donors (Lipinski definition) is 1. The van der Waals surface area contributed by atoms with E-state index in [1.54, 1.807) is 7.11 Å². The van der Waals surface area contributed by atoms with E-state index in [0.717, 1.165) is 31.5 Å². The summed E-state index contributed by atoms with van der Waals surface area (Å²) in [4.78, 5) is 2.36. The van der Waals surface area contributed by atoms with E-state index >= 15 is 0 Å². The van der Waals surface area contributed by atoms with E-state index < -0.39 is 0 Å². The third-order valence-electron chi connectivity index (χ3n) is 4.25. The van der Waals surface area contributed by atoms with Crippen LogP contribution in [0.1, 0.15) is 33.1 Å². The van der Waals surface area contributed by atoms with Crippen LogP contribution in [0, 0.1) is 17.8 Å². The Balaban J connectivity index is 2.38. The molecule has 0 aromatic rings. The molecule has 1 aliphatic carbocycles. The molecule has 3 unspecified atom stereocenters. The fraction of sp³-hybridized carbons (Fsp3) is 1.00. The van der Waals surface area contributed by atoms with Gasteiger partial charge in [-0.15, -0.1) is 0 Å². The van der Waals surface area contributed by atoms with Gasteiger partial charge in [0, 0.05) is 26.2 Å². The largest absolute Gasteiger partial charge is 0.383 e. The number of likely N-dealkylation sites (N-methyl/N-ethyl adjacent to an activating group) is 1. The number of rotatable bonds is 6. The third-order valence-corrected chi connectivity index (χ3v) is 4.25. The molecule has 0 spiro atoms. The summed E-state index contributed by atoms with van der Waals surface area (Å²) in [6.07, 6.45) is 3.82. The van der Waals surface area contributed by atoms with Gasteiger partial charge in [0.15, 0.2) is 0 Å². The van der Waals surface area contributed by atoms with Gasteiger partial charge in [-0.1, -0.05) is 13.8 Å². The summed E-state index contributed by atoms with van der Waals surface area (Å²) in [6, 6.07) is 0.398. The molecule has 0 aromatic carbocycles. The van der Waals surface area contributed by atoms with Crippen LogP contribution in [-0.4, -0.2) is 44.8 Å². The lowest BCUT2D eigenvalue weighted by molar-refractivity contribution is 0.121. The highest BCUT2D eigenvalue weighted by molar-refractivity contribution is 4.85. The van der Waals surface area contributed by atoms with Crippen molar-refractivity contribution < 1.29 is 4.74 Å². The Labute approximate surface area is 107 Å². The van der Waals surface area contributed by atoms with Crippen molar-refractivity contribution >= 4 is 0 Å². The molecule has 0 aliphatic heterocycles. The lowest BCUT2D eigenvalue weighted by Gasteiger charge is -2.38. The molecule has 0 aromatic heterocycles. The van der Waals surface area contributed by atoms with Gasteiger partial charge in [-0.25, -0.2) is 0 Å². The highest BCUT2D eigenvalue weighted by Gasteiger charge is 2.30. The second-order valence-corrected chi connectivity index (χ2v) is 6.00. The van der Waals surface area contributed by atoms with Crippen LogP contribution in [0.3, 0.4) is 0 Å². The maximum absolute atomic E-state index is 6.26. The van der Waals surface area contributed by atoms with E-state index in [2.05, 4.69) is 25.8 Å². The van der Waals surface area contributed by atoms with Crippen LogP contribution in [0.5, 0.6) is 0 Å². The van der Waals surface area contributed by atoms with Gasteiger partial charge in [-0.3, -0.25) is 0 Å². The summed E-state index contributed by atoms with van der Waals surface area (Å²) >= 11 is 0. The van der Waals surface area contributed by atoms with Crippen LogP contribution in [-0.2, 0) is 4.74 Å². The fourth-order valence-corrected chi connectivity index (χ4v) is 2.88.